The summed E-state index contributed by atoms with van der Waals surface area (Å²) in [6.07, 6.45) is 2.82. The number of amides is 1. The molecule has 0 bridgehead atoms. The lowest BCUT2D eigenvalue weighted by molar-refractivity contribution is -0.117. The van der Waals surface area contributed by atoms with Crippen LogP contribution >= 0.6 is 0 Å². The van der Waals surface area contributed by atoms with E-state index in [1.165, 1.54) is 13.3 Å². The lowest BCUT2D eigenvalue weighted by Gasteiger charge is -2.18. The normalized spacial score (nSPS) is 13.9. The predicted molar refractivity (Wildman–Crippen MR) is 105 cm³/mol. The molecule has 0 atom stereocenters. The number of nitrogens with one attached hydrogen (secondary N) is 1. The molecule has 1 aromatic carbocycles. The van der Waals surface area contributed by atoms with E-state index in [1.807, 2.05) is 24.3 Å². The SMILES string of the molecule is COC(=O)c1cnc(N)c2[nH]c(-c3ccc(N4CCCC4=O)cc3OC)cc12. The molecule has 1 aliphatic heterocycles. The van der Waals surface area contributed by atoms with Crippen molar-refractivity contribution >= 4 is 34.3 Å². The molecule has 144 valence electrons. The highest BCUT2D eigenvalue weighted by Gasteiger charge is 2.23. The molecule has 3 N–H and O–H groups in total. The minimum absolute atomic E-state index is 0.113. The monoisotopic (exact) mass is 380 g/mol. The third-order valence-electron chi connectivity index (χ3n) is 4.96. The highest BCUT2D eigenvalue weighted by molar-refractivity contribution is 6.07. The first kappa shape index (κ1) is 17.8. The van der Waals surface area contributed by atoms with Crippen LogP contribution in [0.5, 0.6) is 5.75 Å². The van der Waals surface area contributed by atoms with Crippen LogP contribution in [0.3, 0.4) is 0 Å². The van der Waals surface area contributed by atoms with E-state index >= 15 is 0 Å². The Hall–Kier alpha value is -3.55. The molecule has 1 fully saturated rings. The molecule has 1 amide bonds. The van der Waals surface area contributed by atoms with Gasteiger partial charge in [0.05, 0.1) is 31.0 Å². The summed E-state index contributed by atoms with van der Waals surface area (Å²) in [7, 11) is 2.90. The zero-order valence-electron chi connectivity index (χ0n) is 15.6. The maximum atomic E-state index is 12.1. The fraction of sp³-hybridized carbons (Fsp3) is 0.250. The number of esters is 1. The van der Waals surface area contributed by atoms with Gasteiger partial charge in [0.1, 0.15) is 11.6 Å². The Morgan fingerprint density at radius 3 is 2.79 bits per heavy atom. The van der Waals surface area contributed by atoms with Gasteiger partial charge in [0, 0.05) is 41.9 Å². The summed E-state index contributed by atoms with van der Waals surface area (Å²) in [5, 5.41) is 0.621. The van der Waals surface area contributed by atoms with Gasteiger partial charge in [-0.1, -0.05) is 0 Å². The van der Waals surface area contributed by atoms with Crippen molar-refractivity contribution in [3.05, 3.63) is 36.0 Å². The number of anilines is 2. The summed E-state index contributed by atoms with van der Waals surface area (Å²) < 4.78 is 10.4. The van der Waals surface area contributed by atoms with Crippen LogP contribution in [-0.4, -0.2) is 42.6 Å². The molecule has 1 aliphatic rings. The second-order valence-electron chi connectivity index (χ2n) is 6.55. The van der Waals surface area contributed by atoms with Crippen molar-refractivity contribution in [2.75, 3.05) is 31.4 Å². The third-order valence-corrected chi connectivity index (χ3v) is 4.96. The molecular weight excluding hydrogens is 360 g/mol. The Bertz CT molecular complexity index is 1090. The quantitative estimate of drug-likeness (QED) is 0.674. The molecule has 2 aromatic heterocycles. The van der Waals surface area contributed by atoms with Crippen LogP contribution in [0.1, 0.15) is 23.2 Å². The lowest BCUT2D eigenvalue weighted by Crippen LogP contribution is -2.23. The van der Waals surface area contributed by atoms with Crippen molar-refractivity contribution in [3.8, 4) is 17.0 Å². The van der Waals surface area contributed by atoms with Gasteiger partial charge in [-0.15, -0.1) is 0 Å². The van der Waals surface area contributed by atoms with Gasteiger partial charge < -0.3 is 25.1 Å². The first-order chi connectivity index (χ1) is 13.5. The van der Waals surface area contributed by atoms with Crippen LogP contribution in [0.15, 0.2) is 30.5 Å². The summed E-state index contributed by atoms with van der Waals surface area (Å²) in [5.41, 5.74) is 9.16. The number of carbonyl (C=O) groups is 2. The number of nitrogen functional groups attached to an aromatic ring is 1. The van der Waals surface area contributed by atoms with E-state index in [2.05, 4.69) is 9.97 Å². The number of hydrogen-bond acceptors (Lipinski definition) is 6. The van der Waals surface area contributed by atoms with Crippen LogP contribution in [0.25, 0.3) is 22.2 Å². The average molecular weight is 380 g/mol. The molecule has 8 nitrogen and oxygen atoms in total. The number of ether oxygens (including phenoxy) is 2. The fourth-order valence-corrected chi connectivity index (χ4v) is 3.55. The van der Waals surface area contributed by atoms with Crippen molar-refractivity contribution in [1.29, 1.82) is 0 Å². The predicted octanol–water partition coefficient (Wildman–Crippen LogP) is 2.73. The molecule has 0 saturated carbocycles. The number of fused-ring (bicyclic) bond motifs is 1. The molecule has 4 rings (SSSR count). The molecule has 1 saturated heterocycles. The summed E-state index contributed by atoms with van der Waals surface area (Å²) in [4.78, 5) is 33.1. The largest absolute Gasteiger partial charge is 0.496 e. The minimum Gasteiger partial charge on any atom is -0.496 e. The highest BCUT2D eigenvalue weighted by Crippen LogP contribution is 2.37. The molecule has 0 spiro atoms. The number of hydrogen-bond donors (Lipinski definition) is 2. The number of nitrogens with two attached hydrogens (primary N) is 1. The van der Waals surface area contributed by atoms with Gasteiger partial charge in [-0.25, -0.2) is 9.78 Å². The Morgan fingerprint density at radius 1 is 1.29 bits per heavy atom. The Balaban J connectivity index is 1.82. The number of H-pyrrole nitrogens is 1. The molecule has 0 radical (unpaired) electrons. The van der Waals surface area contributed by atoms with Crippen LogP contribution in [0, 0.1) is 0 Å². The van der Waals surface area contributed by atoms with E-state index < -0.39 is 5.97 Å². The fourth-order valence-electron chi connectivity index (χ4n) is 3.55. The molecule has 0 aliphatic carbocycles. The van der Waals surface area contributed by atoms with Crippen LogP contribution in [0.4, 0.5) is 11.5 Å². The number of methoxy groups -OCH3 is 2. The first-order valence-electron chi connectivity index (χ1n) is 8.87. The summed E-state index contributed by atoms with van der Waals surface area (Å²) >= 11 is 0. The van der Waals surface area contributed by atoms with E-state index in [-0.39, 0.29) is 11.7 Å². The van der Waals surface area contributed by atoms with Crippen molar-refractivity contribution in [2.24, 2.45) is 0 Å². The molecule has 8 heteroatoms. The highest BCUT2D eigenvalue weighted by atomic mass is 16.5. The number of aromatic nitrogens is 2. The number of aromatic amines is 1. The number of rotatable bonds is 4. The molecular formula is C20H20N4O4. The molecule has 28 heavy (non-hydrogen) atoms. The smallest absolute Gasteiger partial charge is 0.340 e. The second kappa shape index (κ2) is 6.88. The molecule has 3 aromatic rings. The van der Waals surface area contributed by atoms with Crippen molar-refractivity contribution < 1.29 is 19.1 Å². The van der Waals surface area contributed by atoms with E-state index in [0.717, 1.165) is 23.4 Å². The van der Waals surface area contributed by atoms with Crippen molar-refractivity contribution in [1.82, 2.24) is 9.97 Å². The van der Waals surface area contributed by atoms with Gasteiger partial charge in [-0.05, 0) is 24.6 Å². The maximum absolute atomic E-state index is 12.1. The Kier molecular flexibility index (Phi) is 4.38. The minimum atomic E-state index is -0.488. The summed E-state index contributed by atoms with van der Waals surface area (Å²) in [6, 6.07) is 7.42. The van der Waals surface area contributed by atoms with Gasteiger partial charge in [0.25, 0.3) is 0 Å². The van der Waals surface area contributed by atoms with Gasteiger partial charge in [-0.2, -0.15) is 0 Å². The lowest BCUT2D eigenvalue weighted by atomic mass is 10.1. The van der Waals surface area contributed by atoms with E-state index in [4.69, 9.17) is 15.2 Å². The van der Waals surface area contributed by atoms with E-state index in [9.17, 15) is 9.59 Å². The van der Waals surface area contributed by atoms with Crippen molar-refractivity contribution in [2.45, 2.75) is 12.8 Å². The van der Waals surface area contributed by atoms with Gasteiger partial charge in [-0.3, -0.25) is 4.79 Å². The van der Waals surface area contributed by atoms with Crippen LogP contribution < -0.4 is 15.4 Å². The standard InChI is InChI=1S/C20H20N4O4/c1-27-16-8-11(24-7-3-4-17(24)25)5-6-12(16)15-9-13-14(20(26)28-2)10-22-19(21)18(13)23-15/h5-6,8-10,23H,3-4,7H2,1-2H3,(H2,21,22). The van der Waals surface area contributed by atoms with E-state index in [1.54, 1.807) is 12.0 Å². The summed E-state index contributed by atoms with van der Waals surface area (Å²) in [5.74, 6) is 0.516. The number of pyridine rings is 1. The molecule has 0 unspecified atom stereocenters. The number of nitrogens with zero attached hydrogens (tertiary/aromatic N) is 2. The van der Waals surface area contributed by atoms with Crippen LogP contribution in [0.2, 0.25) is 0 Å². The zero-order valence-corrected chi connectivity index (χ0v) is 15.6. The zero-order chi connectivity index (χ0) is 19.8. The van der Waals surface area contributed by atoms with Gasteiger partial charge in [0.2, 0.25) is 5.91 Å². The summed E-state index contributed by atoms with van der Waals surface area (Å²) in [6.45, 7) is 0.707. The van der Waals surface area contributed by atoms with Gasteiger partial charge >= 0.3 is 5.97 Å². The molecule has 3 heterocycles. The topological polar surface area (TPSA) is 111 Å². The number of benzene rings is 1. The Morgan fingerprint density at radius 2 is 2.11 bits per heavy atom. The third kappa shape index (κ3) is 2.83. The Labute approximate surface area is 161 Å². The second-order valence-corrected chi connectivity index (χ2v) is 6.55. The van der Waals surface area contributed by atoms with Crippen molar-refractivity contribution in [3.63, 3.8) is 0 Å². The van der Waals surface area contributed by atoms with Gasteiger partial charge in [0.15, 0.2) is 0 Å². The first-order valence-corrected chi connectivity index (χ1v) is 8.87. The number of carbonyl (C=O) groups excluding carboxylic acids is 2. The van der Waals surface area contributed by atoms with Crippen LogP contribution in [-0.2, 0) is 9.53 Å². The van der Waals surface area contributed by atoms with E-state index in [0.29, 0.717) is 35.2 Å². The maximum Gasteiger partial charge on any atom is 0.340 e. The average Bonchev–Trinajstić information content (AvgIpc) is 3.34.